The molecule has 0 heterocycles. The van der Waals surface area contributed by atoms with Gasteiger partial charge in [-0.25, -0.2) is 4.57 Å². The van der Waals surface area contributed by atoms with Crippen molar-refractivity contribution in [2.24, 2.45) is 5.73 Å². The summed E-state index contributed by atoms with van der Waals surface area (Å²) in [5.74, 6) is -1.65. The summed E-state index contributed by atoms with van der Waals surface area (Å²) in [6.07, 6.45) is 19.5. The largest absolute Gasteiger partial charge is 0.480 e. The summed E-state index contributed by atoms with van der Waals surface area (Å²) < 4.78 is 26.3. The summed E-state index contributed by atoms with van der Waals surface area (Å²) in [5.41, 5.74) is 5.32. The number of aliphatic carboxylic acids is 1. The van der Waals surface area contributed by atoms with E-state index in [2.05, 4.69) is 19.1 Å². The molecule has 0 saturated heterocycles. The fraction of sp³-hybridized carbons (Fsp3) is 0.840. The van der Waals surface area contributed by atoms with Gasteiger partial charge in [-0.2, -0.15) is 0 Å². The Morgan fingerprint density at radius 3 is 2.00 bits per heavy atom. The van der Waals surface area contributed by atoms with Crippen LogP contribution in [-0.4, -0.2) is 47.3 Å². The third-order valence-electron chi connectivity index (χ3n) is 5.54. The molecule has 206 valence electrons. The van der Waals surface area contributed by atoms with E-state index >= 15 is 0 Å². The van der Waals surface area contributed by atoms with E-state index < -0.39 is 25.9 Å². The Morgan fingerprint density at radius 1 is 0.886 bits per heavy atom. The fourth-order valence-electron chi connectivity index (χ4n) is 3.34. The van der Waals surface area contributed by atoms with Crippen molar-refractivity contribution in [1.29, 1.82) is 0 Å². The van der Waals surface area contributed by atoms with Gasteiger partial charge in [-0.15, -0.1) is 0 Å². The summed E-state index contributed by atoms with van der Waals surface area (Å²) in [6.45, 7) is 3.39. The molecule has 10 heteroatoms. The first-order valence-electron chi connectivity index (χ1n) is 13.1. The van der Waals surface area contributed by atoms with E-state index in [4.69, 9.17) is 24.6 Å². The Balaban J connectivity index is 3.56. The first-order valence-corrected chi connectivity index (χ1v) is 14.6. The van der Waals surface area contributed by atoms with Gasteiger partial charge in [0.1, 0.15) is 6.04 Å². The lowest BCUT2D eigenvalue weighted by Crippen LogP contribution is -2.41. The number of rotatable bonds is 24. The number of unbranched alkanes of at least 4 members (excludes halogenated alkanes) is 11. The molecule has 0 aliphatic carbocycles. The minimum atomic E-state index is -4.44. The number of ether oxygens (including phenoxy) is 1. The van der Waals surface area contributed by atoms with E-state index in [-0.39, 0.29) is 25.6 Å². The fourth-order valence-corrected chi connectivity index (χ4v) is 4.32. The minimum Gasteiger partial charge on any atom is -0.480 e. The highest BCUT2D eigenvalue weighted by Crippen LogP contribution is 2.44. The molecule has 4 N–H and O–H groups in total. The van der Waals surface area contributed by atoms with Crippen molar-refractivity contribution in [1.82, 2.24) is 0 Å². The maximum atomic E-state index is 11.8. The number of carboxylic acid groups (broad SMARTS) is 1. The van der Waals surface area contributed by atoms with Crippen LogP contribution in [0.2, 0.25) is 0 Å². The zero-order chi connectivity index (χ0) is 26.4. The number of hydrogen-bond acceptors (Lipinski definition) is 7. The van der Waals surface area contributed by atoms with Crippen LogP contribution in [0, 0.1) is 0 Å². The lowest BCUT2D eigenvalue weighted by Gasteiger charge is -2.19. The van der Waals surface area contributed by atoms with Crippen LogP contribution in [0.1, 0.15) is 110 Å². The highest BCUT2D eigenvalue weighted by molar-refractivity contribution is 7.47. The van der Waals surface area contributed by atoms with Gasteiger partial charge in [-0.1, -0.05) is 70.4 Å². The zero-order valence-electron chi connectivity index (χ0n) is 21.7. The van der Waals surface area contributed by atoms with Crippen molar-refractivity contribution in [2.75, 3.05) is 13.2 Å². The lowest BCUT2D eigenvalue weighted by molar-refractivity contribution is -0.144. The van der Waals surface area contributed by atoms with E-state index in [1.807, 2.05) is 0 Å². The van der Waals surface area contributed by atoms with E-state index in [1.54, 1.807) is 0 Å². The first-order chi connectivity index (χ1) is 16.7. The molecule has 0 aromatic carbocycles. The maximum absolute atomic E-state index is 11.8. The van der Waals surface area contributed by atoms with Crippen LogP contribution in [-0.2, 0) is 27.9 Å². The normalized spacial score (nSPS) is 15.1. The van der Waals surface area contributed by atoms with Crippen molar-refractivity contribution in [3.63, 3.8) is 0 Å². The molecule has 35 heavy (non-hydrogen) atoms. The predicted molar refractivity (Wildman–Crippen MR) is 137 cm³/mol. The Labute approximate surface area is 211 Å². The second kappa shape index (κ2) is 22.0. The molecule has 1 unspecified atom stereocenters. The number of allylic oxidation sites excluding steroid dienone is 2. The topological polar surface area (TPSA) is 145 Å². The minimum absolute atomic E-state index is 0.0636. The van der Waals surface area contributed by atoms with E-state index in [0.717, 1.165) is 32.1 Å². The Morgan fingerprint density at radius 2 is 1.43 bits per heavy atom. The molecule has 0 aliphatic heterocycles. The van der Waals surface area contributed by atoms with Gasteiger partial charge in [-0.05, 0) is 39.0 Å². The highest BCUT2D eigenvalue weighted by Gasteiger charge is 2.30. The van der Waals surface area contributed by atoms with Crippen LogP contribution in [0.15, 0.2) is 12.2 Å². The van der Waals surface area contributed by atoms with Crippen LogP contribution in [0.25, 0.3) is 0 Å². The number of carboxylic acids is 1. The molecule has 9 nitrogen and oxygen atoms in total. The summed E-state index contributed by atoms with van der Waals surface area (Å²) >= 11 is 0. The third-order valence-corrected chi connectivity index (χ3v) is 6.65. The van der Waals surface area contributed by atoms with Gasteiger partial charge in [0.2, 0.25) is 0 Å². The van der Waals surface area contributed by atoms with Crippen LogP contribution < -0.4 is 5.73 Å². The van der Waals surface area contributed by atoms with Gasteiger partial charge in [0.25, 0.3) is 0 Å². The zero-order valence-corrected chi connectivity index (χ0v) is 22.6. The van der Waals surface area contributed by atoms with Crippen molar-refractivity contribution in [2.45, 2.75) is 122 Å². The molecule has 0 spiro atoms. The van der Waals surface area contributed by atoms with Crippen LogP contribution in [0.3, 0.4) is 0 Å². The molecular formula is C25H48NO8P. The van der Waals surface area contributed by atoms with Crippen molar-refractivity contribution in [3.8, 4) is 0 Å². The number of carbonyl (C=O) groups is 2. The SMILES string of the molecule is CCCCCCCC/C=C\CCCCCCCC(=O)OCCCOP(=O)(O)O[C@@H](C)[C@H](N)C(=O)O. The van der Waals surface area contributed by atoms with Gasteiger partial charge in [0, 0.05) is 12.8 Å². The van der Waals surface area contributed by atoms with Crippen molar-refractivity contribution < 1.29 is 37.9 Å². The molecule has 0 bridgehead atoms. The van der Waals surface area contributed by atoms with Gasteiger partial charge < -0.3 is 20.5 Å². The van der Waals surface area contributed by atoms with Crippen LogP contribution in [0.5, 0.6) is 0 Å². The number of phosphoric ester groups is 1. The molecule has 0 aromatic rings. The summed E-state index contributed by atoms with van der Waals surface area (Å²) in [4.78, 5) is 32.1. The quantitative estimate of drug-likeness (QED) is 0.0612. The number of phosphoric acid groups is 1. The average Bonchev–Trinajstić information content (AvgIpc) is 2.80. The molecule has 0 radical (unpaired) electrons. The standard InChI is InChI=1S/C25H48NO8P/c1-3-4-5-6-7-8-9-10-11-12-13-14-15-16-17-19-23(27)32-20-18-21-33-35(30,31)34-22(2)24(26)25(28)29/h10-11,22,24H,3-9,12-21,26H2,1-2H3,(H,28,29)(H,30,31)/b11-10-/t22-,24-/m0/s1. The number of hydrogen-bond donors (Lipinski definition) is 3. The molecule has 3 atom stereocenters. The molecule has 0 saturated carbocycles. The summed E-state index contributed by atoms with van der Waals surface area (Å²) in [5, 5.41) is 8.76. The molecule has 0 aliphatic rings. The first kappa shape index (κ1) is 33.8. The van der Waals surface area contributed by atoms with Crippen molar-refractivity contribution >= 4 is 19.8 Å². The van der Waals surface area contributed by atoms with E-state index in [0.29, 0.717) is 6.42 Å². The predicted octanol–water partition coefficient (Wildman–Crippen LogP) is 5.89. The monoisotopic (exact) mass is 521 g/mol. The van der Waals surface area contributed by atoms with E-state index in [9.17, 15) is 19.0 Å². The second-order valence-corrected chi connectivity index (χ2v) is 10.3. The highest BCUT2D eigenvalue weighted by atomic mass is 31.2. The number of esters is 1. The average molecular weight is 522 g/mol. The maximum Gasteiger partial charge on any atom is 0.472 e. The number of nitrogens with two attached hydrogens (primary N) is 1. The molecule has 0 fully saturated rings. The Kier molecular flexibility index (Phi) is 21.2. The molecular weight excluding hydrogens is 473 g/mol. The van der Waals surface area contributed by atoms with Gasteiger partial charge in [0.05, 0.1) is 19.3 Å². The van der Waals surface area contributed by atoms with Gasteiger partial charge in [-0.3, -0.25) is 18.6 Å². The Bertz CT molecular complexity index is 629. The van der Waals surface area contributed by atoms with Crippen LogP contribution in [0.4, 0.5) is 0 Å². The lowest BCUT2D eigenvalue weighted by atomic mass is 10.1. The second-order valence-electron chi connectivity index (χ2n) is 8.88. The molecule has 0 rings (SSSR count). The number of carbonyl (C=O) groups excluding carboxylic acids is 1. The van der Waals surface area contributed by atoms with E-state index in [1.165, 1.54) is 58.3 Å². The third kappa shape index (κ3) is 21.7. The Hall–Kier alpha value is -1.25. The summed E-state index contributed by atoms with van der Waals surface area (Å²) in [6, 6.07) is -1.45. The van der Waals surface area contributed by atoms with Gasteiger partial charge >= 0.3 is 19.8 Å². The molecule has 0 aromatic heterocycles. The molecule has 0 amide bonds. The van der Waals surface area contributed by atoms with Crippen LogP contribution >= 0.6 is 7.82 Å². The smallest absolute Gasteiger partial charge is 0.472 e. The van der Waals surface area contributed by atoms with Gasteiger partial charge in [0.15, 0.2) is 0 Å². The summed E-state index contributed by atoms with van der Waals surface area (Å²) in [7, 11) is -4.44. The van der Waals surface area contributed by atoms with Crippen molar-refractivity contribution in [3.05, 3.63) is 12.2 Å².